The number of carbonyl (C=O) groups excluding carboxylic acids is 4. The Bertz CT molecular complexity index is 2410. The van der Waals surface area contributed by atoms with E-state index >= 15 is 0 Å². The minimum Gasteiger partial charge on any atom is -0.481 e. The zero-order valence-electron chi connectivity index (χ0n) is 40.8. The predicted octanol–water partition coefficient (Wildman–Crippen LogP) is -0.371. The van der Waals surface area contributed by atoms with Crippen molar-refractivity contribution in [3.05, 3.63) is 83.4 Å². The quantitative estimate of drug-likeness (QED) is 0.0434. The standard InChI is InChI=1S/C49H65N9O16/c59-40(28-55-17-19-56(29-42(62)63)21-23-58(31-44(66)67)24-22-57(20-18-55)30-43(64)65)51-27-32-8-12-35(13-9-32)45(68)52-39(26-33-10-11-34-5-1-2-6-36(34)25-33)46(69)50-16-4-3-7-37(47(70)71)53-49(74)54-38(48(72)73)14-15-41(60)61/h1-2,5-6,8-13,25,37-39H,3-4,7,14-24,26-31H2,(H,50,69)(H,51,59)(H,52,68)(H,60,61)(H,62,63)(H,64,65)(H,66,67)(H,70,71)(H,72,73)(H2,53,54,74)/t37-,38-,39?/m0/s1. The number of rotatable bonds is 27. The number of hydrogen-bond acceptors (Lipinski definition) is 14. The van der Waals surface area contributed by atoms with Crippen LogP contribution >= 0.6 is 0 Å². The van der Waals surface area contributed by atoms with Gasteiger partial charge in [-0.15, -0.1) is 0 Å². The molecular weight excluding hydrogens is 971 g/mol. The fourth-order valence-corrected chi connectivity index (χ4v) is 8.02. The third-order valence-corrected chi connectivity index (χ3v) is 12.0. The molecule has 1 aliphatic heterocycles. The van der Waals surface area contributed by atoms with Gasteiger partial charge >= 0.3 is 41.8 Å². The Hall–Kier alpha value is -7.74. The van der Waals surface area contributed by atoms with Crippen molar-refractivity contribution in [2.24, 2.45) is 0 Å². The molecule has 1 saturated heterocycles. The summed E-state index contributed by atoms with van der Waals surface area (Å²) >= 11 is 0. The second kappa shape index (κ2) is 30.3. The molecule has 1 unspecified atom stereocenters. The lowest BCUT2D eigenvalue weighted by atomic mass is 10.0. The van der Waals surface area contributed by atoms with Gasteiger partial charge in [0, 0.05) is 83.9 Å². The van der Waals surface area contributed by atoms with E-state index in [1.807, 2.05) is 42.5 Å². The summed E-state index contributed by atoms with van der Waals surface area (Å²) in [5, 5.41) is 70.9. The molecule has 0 aromatic heterocycles. The molecule has 25 nitrogen and oxygen atoms in total. The third kappa shape index (κ3) is 21.9. The lowest BCUT2D eigenvalue weighted by Crippen LogP contribution is -2.51. The van der Waals surface area contributed by atoms with E-state index in [2.05, 4.69) is 26.6 Å². The van der Waals surface area contributed by atoms with Crippen LogP contribution in [0.1, 0.15) is 53.6 Å². The number of aliphatic carboxylic acids is 6. The first-order valence-corrected chi connectivity index (χ1v) is 24.0. The highest BCUT2D eigenvalue weighted by atomic mass is 16.4. The second-order valence-corrected chi connectivity index (χ2v) is 17.8. The zero-order chi connectivity index (χ0) is 54.2. The summed E-state index contributed by atoms with van der Waals surface area (Å²) in [4.78, 5) is 129. The second-order valence-electron chi connectivity index (χ2n) is 17.8. The molecule has 0 radical (unpaired) electrons. The molecule has 1 aliphatic rings. The molecule has 5 amide bonds. The van der Waals surface area contributed by atoms with Crippen LogP contribution in [0.4, 0.5) is 4.79 Å². The first kappa shape index (κ1) is 58.8. The molecule has 4 rings (SSSR count). The lowest BCUT2D eigenvalue weighted by molar-refractivity contribution is -0.141. The normalized spacial score (nSPS) is 15.5. The number of carboxylic acids is 6. The molecule has 1 heterocycles. The van der Waals surface area contributed by atoms with Gasteiger partial charge < -0.3 is 57.2 Å². The largest absolute Gasteiger partial charge is 0.481 e. The van der Waals surface area contributed by atoms with Crippen molar-refractivity contribution in [3.8, 4) is 0 Å². The summed E-state index contributed by atoms with van der Waals surface area (Å²) in [5.74, 6) is -8.83. The van der Waals surface area contributed by atoms with Gasteiger partial charge in [-0.25, -0.2) is 14.4 Å². The van der Waals surface area contributed by atoms with Crippen LogP contribution in [0.25, 0.3) is 10.8 Å². The molecule has 3 aromatic carbocycles. The van der Waals surface area contributed by atoms with Gasteiger partial charge in [-0.3, -0.25) is 53.2 Å². The average molecular weight is 1040 g/mol. The van der Waals surface area contributed by atoms with Crippen molar-refractivity contribution in [2.45, 2.75) is 63.2 Å². The number of benzene rings is 3. The number of hydrogen-bond donors (Lipinski definition) is 11. The summed E-state index contributed by atoms with van der Waals surface area (Å²) in [6.07, 6.45) is -0.488. The number of carboxylic acid groups (broad SMARTS) is 6. The van der Waals surface area contributed by atoms with Gasteiger partial charge in [-0.1, -0.05) is 54.6 Å². The summed E-state index contributed by atoms with van der Waals surface area (Å²) in [6.45, 7) is 1.09. The number of nitrogens with one attached hydrogen (secondary N) is 5. The average Bonchev–Trinajstić information content (AvgIpc) is 3.34. The Labute approximate surface area is 425 Å². The summed E-state index contributed by atoms with van der Waals surface area (Å²) < 4.78 is 0. The molecule has 3 aromatic rings. The minimum absolute atomic E-state index is 0.0668. The van der Waals surface area contributed by atoms with E-state index in [1.54, 1.807) is 31.7 Å². The van der Waals surface area contributed by atoms with Gasteiger partial charge in [-0.05, 0) is 59.7 Å². The minimum atomic E-state index is -1.56. The molecule has 1 fully saturated rings. The molecule has 0 bridgehead atoms. The van der Waals surface area contributed by atoms with E-state index in [9.17, 15) is 73.5 Å². The van der Waals surface area contributed by atoms with E-state index in [4.69, 9.17) is 5.11 Å². The van der Waals surface area contributed by atoms with Gasteiger partial charge in [0.2, 0.25) is 11.8 Å². The number of unbranched alkanes of at least 4 members (excludes halogenated alkanes) is 1. The molecule has 3 atom stereocenters. The number of nitrogens with zero attached hydrogens (tertiary/aromatic N) is 4. The van der Waals surface area contributed by atoms with Gasteiger partial charge in [0.05, 0.1) is 26.2 Å². The van der Waals surface area contributed by atoms with Gasteiger partial charge in [-0.2, -0.15) is 0 Å². The Morgan fingerprint density at radius 3 is 1.47 bits per heavy atom. The van der Waals surface area contributed by atoms with Crippen molar-refractivity contribution < 1.29 is 78.6 Å². The van der Waals surface area contributed by atoms with Gasteiger partial charge in [0.25, 0.3) is 5.91 Å². The van der Waals surface area contributed by atoms with E-state index < -0.39 is 84.6 Å². The van der Waals surface area contributed by atoms with Crippen LogP contribution in [0.3, 0.4) is 0 Å². The van der Waals surface area contributed by atoms with Crippen LogP contribution in [-0.2, 0) is 51.3 Å². The Balaban J connectivity index is 1.35. The van der Waals surface area contributed by atoms with Crippen molar-refractivity contribution >= 4 is 70.3 Å². The molecule has 74 heavy (non-hydrogen) atoms. The fourth-order valence-electron chi connectivity index (χ4n) is 8.02. The smallest absolute Gasteiger partial charge is 0.326 e. The predicted molar refractivity (Wildman–Crippen MR) is 264 cm³/mol. The van der Waals surface area contributed by atoms with Crippen LogP contribution < -0.4 is 26.6 Å². The molecule has 0 spiro atoms. The van der Waals surface area contributed by atoms with Crippen LogP contribution in [0.15, 0.2) is 66.7 Å². The van der Waals surface area contributed by atoms with E-state index in [-0.39, 0.29) is 129 Å². The van der Waals surface area contributed by atoms with Crippen molar-refractivity contribution in [2.75, 3.05) is 85.1 Å². The number of amides is 5. The zero-order valence-corrected chi connectivity index (χ0v) is 40.8. The maximum atomic E-state index is 13.7. The molecule has 11 N–H and O–H groups in total. The molecule has 25 heteroatoms. The van der Waals surface area contributed by atoms with Crippen LogP contribution in [0, 0.1) is 0 Å². The van der Waals surface area contributed by atoms with Crippen molar-refractivity contribution in [1.29, 1.82) is 0 Å². The maximum absolute atomic E-state index is 13.7. The first-order valence-electron chi connectivity index (χ1n) is 24.0. The van der Waals surface area contributed by atoms with Crippen molar-refractivity contribution in [3.63, 3.8) is 0 Å². The van der Waals surface area contributed by atoms with E-state index in [0.717, 1.165) is 16.3 Å². The Morgan fingerprint density at radius 1 is 0.486 bits per heavy atom. The third-order valence-electron chi connectivity index (χ3n) is 12.0. The number of fused-ring (bicyclic) bond motifs is 1. The SMILES string of the molecule is O=C(O)CC[C@H](NC(=O)N[C@@H](CCCCNC(=O)C(Cc1ccc2ccccc2c1)NC(=O)c1ccc(CNC(=O)CN2CCN(CC(=O)O)CCN(CC(=O)O)CCN(CC(=O)O)CC2)cc1)C(=O)O)C(=O)O. The summed E-state index contributed by atoms with van der Waals surface area (Å²) in [5.41, 5.74) is 1.61. The van der Waals surface area contributed by atoms with Crippen molar-refractivity contribution in [1.82, 2.24) is 46.2 Å². The highest BCUT2D eigenvalue weighted by Crippen LogP contribution is 2.17. The monoisotopic (exact) mass is 1040 g/mol. The fraction of sp³-hybridized carbons (Fsp3) is 0.469. The van der Waals surface area contributed by atoms with Crippen LogP contribution in [0.5, 0.6) is 0 Å². The molecule has 402 valence electrons. The Kier molecular flexibility index (Phi) is 24.1. The highest BCUT2D eigenvalue weighted by molar-refractivity contribution is 5.98. The molecular formula is C49H65N9O16. The topological polar surface area (TPSA) is 365 Å². The first-order chi connectivity index (χ1) is 35.2. The van der Waals surface area contributed by atoms with Gasteiger partial charge in [0.1, 0.15) is 18.1 Å². The van der Waals surface area contributed by atoms with E-state index in [1.165, 1.54) is 12.1 Å². The molecule has 0 saturated carbocycles. The summed E-state index contributed by atoms with van der Waals surface area (Å²) in [7, 11) is 0. The lowest BCUT2D eigenvalue weighted by Gasteiger charge is -2.32. The highest BCUT2D eigenvalue weighted by Gasteiger charge is 2.27. The van der Waals surface area contributed by atoms with Crippen LogP contribution in [-0.4, -0.2) is 213 Å². The maximum Gasteiger partial charge on any atom is 0.326 e. The molecule has 0 aliphatic carbocycles. The van der Waals surface area contributed by atoms with Crippen LogP contribution in [0.2, 0.25) is 0 Å². The summed E-state index contributed by atoms with van der Waals surface area (Å²) in [6, 6.07) is 14.5. The van der Waals surface area contributed by atoms with Gasteiger partial charge in [0.15, 0.2) is 0 Å². The number of carbonyl (C=O) groups is 10. The van der Waals surface area contributed by atoms with E-state index in [0.29, 0.717) is 5.56 Å². The Morgan fingerprint density at radius 2 is 0.973 bits per heavy atom. The number of urea groups is 1.